The minimum absolute atomic E-state index is 0.0706. The number of rotatable bonds is 5. The fourth-order valence-electron chi connectivity index (χ4n) is 3.42. The van der Waals surface area contributed by atoms with E-state index in [2.05, 4.69) is 15.0 Å². The molecule has 1 aromatic carbocycles. The SMILES string of the molecule is CC(C)(c1cc(-c2ccccc2)cc(C(=O)O)n1)c1cccc(-c2ccc(F)nc2F)n1. The highest BCUT2D eigenvalue weighted by atomic mass is 19.1. The lowest BCUT2D eigenvalue weighted by atomic mass is 9.83. The fraction of sp³-hybridized carbons (Fsp3) is 0.120. The van der Waals surface area contributed by atoms with Crippen molar-refractivity contribution < 1.29 is 18.7 Å². The number of hydrogen-bond donors (Lipinski definition) is 1. The summed E-state index contributed by atoms with van der Waals surface area (Å²) in [7, 11) is 0. The largest absolute Gasteiger partial charge is 0.477 e. The van der Waals surface area contributed by atoms with Gasteiger partial charge in [-0.15, -0.1) is 0 Å². The van der Waals surface area contributed by atoms with Gasteiger partial charge in [0.15, 0.2) is 0 Å². The Kier molecular flexibility index (Phi) is 5.48. The molecule has 0 bridgehead atoms. The third-order valence-corrected chi connectivity index (χ3v) is 5.27. The average molecular weight is 431 g/mol. The zero-order valence-corrected chi connectivity index (χ0v) is 17.4. The van der Waals surface area contributed by atoms with E-state index in [9.17, 15) is 18.7 Å². The monoisotopic (exact) mass is 431 g/mol. The first-order chi connectivity index (χ1) is 15.3. The molecule has 0 fully saturated rings. The summed E-state index contributed by atoms with van der Waals surface area (Å²) < 4.78 is 27.4. The number of carbonyl (C=O) groups is 1. The molecule has 0 saturated heterocycles. The second-order valence-electron chi connectivity index (χ2n) is 7.80. The van der Waals surface area contributed by atoms with Crippen LogP contribution in [0.15, 0.2) is 72.8 Å². The zero-order chi connectivity index (χ0) is 22.9. The third kappa shape index (κ3) is 4.09. The molecule has 3 aromatic heterocycles. The smallest absolute Gasteiger partial charge is 0.354 e. The molecular weight excluding hydrogens is 412 g/mol. The van der Waals surface area contributed by atoms with Crippen molar-refractivity contribution in [2.24, 2.45) is 0 Å². The van der Waals surface area contributed by atoms with Crippen molar-refractivity contribution in [2.45, 2.75) is 19.3 Å². The quantitative estimate of drug-likeness (QED) is 0.422. The molecule has 4 rings (SSSR count). The number of aromatic carboxylic acids is 1. The first-order valence-electron chi connectivity index (χ1n) is 9.87. The third-order valence-electron chi connectivity index (χ3n) is 5.27. The Labute approximate surface area is 183 Å². The highest BCUT2D eigenvalue weighted by Gasteiger charge is 2.29. The van der Waals surface area contributed by atoms with Gasteiger partial charge in [0, 0.05) is 5.41 Å². The summed E-state index contributed by atoms with van der Waals surface area (Å²) in [5, 5.41) is 9.61. The van der Waals surface area contributed by atoms with E-state index in [-0.39, 0.29) is 11.3 Å². The van der Waals surface area contributed by atoms with Crippen LogP contribution in [0.4, 0.5) is 8.78 Å². The van der Waals surface area contributed by atoms with Crippen LogP contribution in [0.1, 0.15) is 35.7 Å². The van der Waals surface area contributed by atoms with Gasteiger partial charge in [-0.2, -0.15) is 13.8 Å². The van der Waals surface area contributed by atoms with E-state index in [1.54, 1.807) is 18.2 Å². The number of hydrogen-bond acceptors (Lipinski definition) is 4. The highest BCUT2D eigenvalue weighted by molar-refractivity contribution is 5.87. The normalized spacial score (nSPS) is 11.4. The van der Waals surface area contributed by atoms with Gasteiger partial charge in [0.1, 0.15) is 5.69 Å². The van der Waals surface area contributed by atoms with Crippen LogP contribution in [-0.4, -0.2) is 26.0 Å². The Morgan fingerprint density at radius 1 is 0.812 bits per heavy atom. The van der Waals surface area contributed by atoms with Gasteiger partial charge < -0.3 is 5.11 Å². The van der Waals surface area contributed by atoms with E-state index < -0.39 is 23.3 Å². The van der Waals surface area contributed by atoms with E-state index in [0.717, 1.165) is 11.6 Å². The standard InChI is InChI=1S/C25H19F2N3O2/c1-25(2,20-10-6-9-18(28-20)17-11-12-22(26)30-23(17)27)21-14-16(13-19(29-21)24(31)32)15-7-4-3-5-8-15/h3-14H,1-2H3,(H,31,32). The van der Waals surface area contributed by atoms with Crippen LogP contribution < -0.4 is 0 Å². The molecule has 0 aliphatic carbocycles. The summed E-state index contributed by atoms with van der Waals surface area (Å²) in [5.41, 5.74) is 2.08. The molecule has 32 heavy (non-hydrogen) atoms. The summed E-state index contributed by atoms with van der Waals surface area (Å²) in [6.07, 6.45) is 0. The van der Waals surface area contributed by atoms with Crippen molar-refractivity contribution in [3.05, 3.63) is 102 Å². The topological polar surface area (TPSA) is 76.0 Å². The molecule has 160 valence electrons. The van der Waals surface area contributed by atoms with Crippen LogP contribution in [0.3, 0.4) is 0 Å². The number of pyridine rings is 3. The van der Waals surface area contributed by atoms with E-state index in [1.165, 1.54) is 12.1 Å². The summed E-state index contributed by atoms with van der Waals surface area (Å²) in [4.78, 5) is 23.9. The molecule has 0 unspecified atom stereocenters. The second-order valence-corrected chi connectivity index (χ2v) is 7.80. The summed E-state index contributed by atoms with van der Waals surface area (Å²) in [5.74, 6) is -3.00. The fourth-order valence-corrected chi connectivity index (χ4v) is 3.42. The molecule has 0 aliphatic heterocycles. The maximum atomic E-state index is 14.2. The predicted molar refractivity (Wildman–Crippen MR) is 116 cm³/mol. The Hall–Kier alpha value is -4.00. The van der Waals surface area contributed by atoms with Crippen molar-refractivity contribution in [3.63, 3.8) is 0 Å². The van der Waals surface area contributed by atoms with Gasteiger partial charge in [-0.25, -0.2) is 9.78 Å². The maximum Gasteiger partial charge on any atom is 0.354 e. The predicted octanol–water partition coefficient (Wildman–Crippen LogP) is 5.51. The molecule has 7 heteroatoms. The van der Waals surface area contributed by atoms with Gasteiger partial charge in [0.25, 0.3) is 0 Å². The van der Waals surface area contributed by atoms with Gasteiger partial charge in [-0.05, 0) is 61.4 Å². The number of carboxylic acid groups (broad SMARTS) is 1. The van der Waals surface area contributed by atoms with Gasteiger partial charge in [0.2, 0.25) is 11.9 Å². The Morgan fingerprint density at radius 3 is 2.25 bits per heavy atom. The molecule has 4 aromatic rings. The Morgan fingerprint density at radius 2 is 1.56 bits per heavy atom. The van der Waals surface area contributed by atoms with Crippen LogP contribution in [0.25, 0.3) is 22.4 Å². The average Bonchev–Trinajstić information content (AvgIpc) is 2.79. The molecule has 1 N–H and O–H groups in total. The zero-order valence-electron chi connectivity index (χ0n) is 17.4. The van der Waals surface area contributed by atoms with Crippen LogP contribution in [0, 0.1) is 11.9 Å². The number of halogens is 2. The van der Waals surface area contributed by atoms with Crippen molar-refractivity contribution in [2.75, 3.05) is 0 Å². The molecule has 0 spiro atoms. The first-order valence-corrected chi connectivity index (χ1v) is 9.87. The molecule has 3 heterocycles. The molecule has 5 nitrogen and oxygen atoms in total. The summed E-state index contributed by atoms with van der Waals surface area (Å²) >= 11 is 0. The van der Waals surface area contributed by atoms with E-state index in [4.69, 9.17) is 0 Å². The number of benzene rings is 1. The Balaban J connectivity index is 1.83. The first kappa shape index (κ1) is 21.2. The van der Waals surface area contributed by atoms with E-state index in [0.29, 0.717) is 22.6 Å². The minimum Gasteiger partial charge on any atom is -0.477 e. The van der Waals surface area contributed by atoms with Gasteiger partial charge in [-0.1, -0.05) is 36.4 Å². The van der Waals surface area contributed by atoms with Crippen LogP contribution in [0.2, 0.25) is 0 Å². The van der Waals surface area contributed by atoms with Gasteiger partial charge >= 0.3 is 5.97 Å². The summed E-state index contributed by atoms with van der Waals surface area (Å²) in [6, 6.07) is 20.2. The highest BCUT2D eigenvalue weighted by Crippen LogP contribution is 2.33. The minimum atomic E-state index is -1.14. The van der Waals surface area contributed by atoms with E-state index in [1.807, 2.05) is 50.2 Å². The second kappa shape index (κ2) is 8.26. The van der Waals surface area contributed by atoms with Gasteiger partial charge in [-0.3, -0.25) is 4.98 Å². The molecule has 0 atom stereocenters. The summed E-state index contributed by atoms with van der Waals surface area (Å²) in [6.45, 7) is 3.72. The van der Waals surface area contributed by atoms with Crippen LogP contribution >= 0.6 is 0 Å². The molecule has 0 saturated carbocycles. The molecule has 0 radical (unpaired) electrons. The number of aromatic nitrogens is 3. The lowest BCUT2D eigenvalue weighted by Crippen LogP contribution is -2.23. The van der Waals surface area contributed by atoms with Crippen molar-refractivity contribution in [3.8, 4) is 22.4 Å². The van der Waals surface area contributed by atoms with Crippen LogP contribution in [-0.2, 0) is 5.41 Å². The van der Waals surface area contributed by atoms with Crippen molar-refractivity contribution in [1.29, 1.82) is 0 Å². The van der Waals surface area contributed by atoms with Crippen molar-refractivity contribution in [1.82, 2.24) is 15.0 Å². The molecular formula is C25H19F2N3O2. The van der Waals surface area contributed by atoms with E-state index >= 15 is 0 Å². The number of nitrogens with zero attached hydrogens (tertiary/aromatic N) is 3. The lowest BCUT2D eigenvalue weighted by Gasteiger charge is -2.25. The number of carboxylic acids is 1. The lowest BCUT2D eigenvalue weighted by molar-refractivity contribution is 0.0690. The van der Waals surface area contributed by atoms with Crippen LogP contribution in [0.5, 0.6) is 0 Å². The Bertz CT molecular complexity index is 1310. The maximum absolute atomic E-state index is 14.2. The molecule has 0 aliphatic rings. The van der Waals surface area contributed by atoms with Crippen molar-refractivity contribution >= 4 is 5.97 Å². The van der Waals surface area contributed by atoms with Gasteiger partial charge in [0.05, 0.1) is 22.6 Å². The molecule has 0 amide bonds.